The molecule has 1 aliphatic rings. The number of aryl methyl sites for hydroxylation is 2. The van der Waals surface area contributed by atoms with Crippen molar-refractivity contribution >= 4 is 45.1 Å². The SMILES string of the molecule is O=C(CSc1ncnc2sc3c(c12)CCCC3)NC(=O)c1ccco1. The molecule has 2 amide bonds. The van der Waals surface area contributed by atoms with Crippen molar-refractivity contribution in [1.82, 2.24) is 15.3 Å². The van der Waals surface area contributed by atoms with Crippen molar-refractivity contribution in [3.63, 3.8) is 0 Å². The number of carbonyl (C=O) groups excluding carboxylic acids is 2. The summed E-state index contributed by atoms with van der Waals surface area (Å²) in [5, 5.41) is 4.21. The predicted molar refractivity (Wildman–Crippen MR) is 96.0 cm³/mol. The van der Waals surface area contributed by atoms with E-state index >= 15 is 0 Å². The normalized spacial score (nSPS) is 13.6. The smallest absolute Gasteiger partial charge is 0.293 e. The van der Waals surface area contributed by atoms with Crippen molar-refractivity contribution in [2.45, 2.75) is 30.7 Å². The zero-order valence-electron chi connectivity index (χ0n) is 13.3. The Bertz CT molecular complexity index is 934. The Morgan fingerprint density at radius 1 is 1.28 bits per heavy atom. The van der Waals surface area contributed by atoms with E-state index in [2.05, 4.69) is 15.3 Å². The standard InChI is InChI=1S/C17H15N3O3S2/c21-13(20-15(22)11-5-3-7-23-11)8-24-16-14-10-4-1-2-6-12(10)25-17(14)19-9-18-16/h3,5,7,9H,1-2,4,6,8H2,(H,20,21,22). The third-order valence-electron chi connectivity index (χ3n) is 4.05. The molecule has 0 saturated carbocycles. The first-order chi connectivity index (χ1) is 12.2. The predicted octanol–water partition coefficient (Wildman–Crippen LogP) is 3.21. The van der Waals surface area contributed by atoms with E-state index < -0.39 is 5.91 Å². The van der Waals surface area contributed by atoms with Crippen molar-refractivity contribution in [3.8, 4) is 0 Å². The molecule has 0 spiro atoms. The fourth-order valence-corrected chi connectivity index (χ4v) is 5.06. The molecule has 1 N–H and O–H groups in total. The molecule has 0 radical (unpaired) electrons. The van der Waals surface area contributed by atoms with Crippen LogP contribution in [-0.2, 0) is 17.6 Å². The number of hydrogen-bond acceptors (Lipinski definition) is 7. The van der Waals surface area contributed by atoms with Crippen LogP contribution in [0, 0.1) is 0 Å². The van der Waals surface area contributed by atoms with Gasteiger partial charge < -0.3 is 4.42 Å². The molecule has 0 fully saturated rings. The Labute approximate surface area is 152 Å². The van der Waals surface area contributed by atoms with Crippen molar-refractivity contribution < 1.29 is 14.0 Å². The lowest BCUT2D eigenvalue weighted by Crippen LogP contribution is -2.31. The number of rotatable bonds is 4. The Morgan fingerprint density at radius 2 is 2.16 bits per heavy atom. The summed E-state index contributed by atoms with van der Waals surface area (Å²) < 4.78 is 4.98. The van der Waals surface area contributed by atoms with Gasteiger partial charge in [0.2, 0.25) is 5.91 Å². The number of carbonyl (C=O) groups is 2. The van der Waals surface area contributed by atoms with Crippen molar-refractivity contribution in [2.24, 2.45) is 0 Å². The summed E-state index contributed by atoms with van der Waals surface area (Å²) in [6, 6.07) is 3.12. The number of imide groups is 1. The van der Waals surface area contributed by atoms with E-state index in [1.807, 2.05) is 0 Å². The van der Waals surface area contributed by atoms with Gasteiger partial charge in [-0.3, -0.25) is 14.9 Å². The number of nitrogens with one attached hydrogen (secondary N) is 1. The van der Waals surface area contributed by atoms with E-state index in [1.54, 1.807) is 23.7 Å². The monoisotopic (exact) mass is 373 g/mol. The quantitative estimate of drug-likeness (QED) is 0.558. The van der Waals surface area contributed by atoms with Gasteiger partial charge in [0.15, 0.2) is 5.76 Å². The van der Waals surface area contributed by atoms with Crippen LogP contribution in [0.15, 0.2) is 34.2 Å². The van der Waals surface area contributed by atoms with Crippen LogP contribution in [0.2, 0.25) is 0 Å². The highest BCUT2D eigenvalue weighted by atomic mass is 32.2. The van der Waals surface area contributed by atoms with Gasteiger partial charge in [0, 0.05) is 10.3 Å². The van der Waals surface area contributed by atoms with E-state index in [1.165, 1.54) is 47.4 Å². The van der Waals surface area contributed by atoms with Gasteiger partial charge in [0.1, 0.15) is 16.2 Å². The van der Waals surface area contributed by atoms with Gasteiger partial charge in [-0.15, -0.1) is 11.3 Å². The molecule has 8 heteroatoms. The van der Waals surface area contributed by atoms with Crippen LogP contribution in [0.3, 0.4) is 0 Å². The van der Waals surface area contributed by atoms with E-state index in [-0.39, 0.29) is 17.4 Å². The molecule has 6 nitrogen and oxygen atoms in total. The lowest BCUT2D eigenvalue weighted by Gasteiger charge is -2.11. The van der Waals surface area contributed by atoms with Crippen LogP contribution < -0.4 is 5.32 Å². The first kappa shape index (κ1) is 16.3. The third-order valence-corrected chi connectivity index (χ3v) is 6.24. The largest absolute Gasteiger partial charge is 0.459 e. The van der Waals surface area contributed by atoms with Crippen LogP contribution in [0.1, 0.15) is 33.8 Å². The minimum Gasteiger partial charge on any atom is -0.459 e. The molecule has 128 valence electrons. The molecule has 0 aromatic carbocycles. The molecule has 25 heavy (non-hydrogen) atoms. The number of aromatic nitrogens is 2. The second-order valence-corrected chi connectivity index (χ2v) is 7.76. The fourth-order valence-electron chi connectivity index (χ4n) is 2.94. The zero-order chi connectivity index (χ0) is 17.2. The molecular formula is C17H15N3O3S2. The van der Waals surface area contributed by atoms with Gasteiger partial charge in [-0.05, 0) is 43.4 Å². The highest BCUT2D eigenvalue weighted by Crippen LogP contribution is 2.39. The third kappa shape index (κ3) is 3.32. The highest BCUT2D eigenvalue weighted by molar-refractivity contribution is 8.00. The molecule has 0 aliphatic heterocycles. The van der Waals surface area contributed by atoms with Crippen molar-refractivity contribution in [1.29, 1.82) is 0 Å². The second kappa shape index (κ2) is 6.97. The Balaban J connectivity index is 1.48. The fraction of sp³-hybridized carbons (Fsp3) is 0.294. The molecule has 0 unspecified atom stereocenters. The summed E-state index contributed by atoms with van der Waals surface area (Å²) in [7, 11) is 0. The molecule has 3 aromatic rings. The number of furan rings is 1. The summed E-state index contributed by atoms with van der Waals surface area (Å²) in [5.74, 6) is -0.670. The Kier molecular flexibility index (Phi) is 4.54. The Morgan fingerprint density at radius 3 is 3.00 bits per heavy atom. The van der Waals surface area contributed by atoms with Crippen molar-refractivity contribution in [3.05, 3.63) is 40.9 Å². The van der Waals surface area contributed by atoms with E-state index in [0.717, 1.165) is 28.1 Å². The number of amides is 2. The van der Waals surface area contributed by atoms with Crippen LogP contribution in [0.5, 0.6) is 0 Å². The lowest BCUT2D eigenvalue weighted by atomic mass is 9.97. The van der Waals surface area contributed by atoms with E-state index in [9.17, 15) is 9.59 Å². The van der Waals surface area contributed by atoms with Gasteiger partial charge in [-0.1, -0.05) is 11.8 Å². The first-order valence-corrected chi connectivity index (χ1v) is 9.78. The van der Waals surface area contributed by atoms with Crippen LogP contribution in [0.25, 0.3) is 10.2 Å². The average Bonchev–Trinajstić information content (AvgIpc) is 3.27. The summed E-state index contributed by atoms with van der Waals surface area (Å²) in [5.41, 5.74) is 1.33. The maximum absolute atomic E-state index is 12.0. The molecule has 0 saturated heterocycles. The number of thioether (sulfide) groups is 1. The average molecular weight is 373 g/mol. The molecule has 3 heterocycles. The molecule has 3 aromatic heterocycles. The summed E-state index contributed by atoms with van der Waals surface area (Å²) in [6.07, 6.45) is 7.46. The number of fused-ring (bicyclic) bond motifs is 3. The maximum Gasteiger partial charge on any atom is 0.293 e. The summed E-state index contributed by atoms with van der Waals surface area (Å²) in [4.78, 5) is 35.0. The number of thiophene rings is 1. The van der Waals surface area contributed by atoms with E-state index in [0.29, 0.717) is 0 Å². The number of nitrogens with zero attached hydrogens (tertiary/aromatic N) is 2. The molecule has 1 aliphatic carbocycles. The van der Waals surface area contributed by atoms with Gasteiger partial charge in [-0.2, -0.15) is 0 Å². The van der Waals surface area contributed by atoms with E-state index in [4.69, 9.17) is 4.42 Å². The topological polar surface area (TPSA) is 85.1 Å². The van der Waals surface area contributed by atoms with Crippen molar-refractivity contribution in [2.75, 3.05) is 5.75 Å². The minimum atomic E-state index is -0.531. The van der Waals surface area contributed by atoms with Gasteiger partial charge >= 0.3 is 0 Å². The van der Waals surface area contributed by atoms with Crippen LogP contribution in [-0.4, -0.2) is 27.5 Å². The minimum absolute atomic E-state index is 0.114. The maximum atomic E-state index is 12.0. The molecule has 4 rings (SSSR count). The summed E-state index contributed by atoms with van der Waals surface area (Å²) >= 11 is 3.06. The van der Waals surface area contributed by atoms with Crippen LogP contribution >= 0.6 is 23.1 Å². The van der Waals surface area contributed by atoms with Gasteiger partial charge in [-0.25, -0.2) is 9.97 Å². The zero-order valence-corrected chi connectivity index (χ0v) is 14.9. The molecule has 0 bridgehead atoms. The lowest BCUT2D eigenvalue weighted by molar-refractivity contribution is -0.117. The highest BCUT2D eigenvalue weighted by Gasteiger charge is 2.21. The molecule has 0 atom stereocenters. The van der Waals surface area contributed by atoms with Gasteiger partial charge in [0.05, 0.1) is 12.0 Å². The first-order valence-electron chi connectivity index (χ1n) is 7.98. The molecular weight excluding hydrogens is 358 g/mol. The van der Waals surface area contributed by atoms with Crippen LogP contribution in [0.4, 0.5) is 0 Å². The summed E-state index contributed by atoms with van der Waals surface area (Å²) in [6.45, 7) is 0. The second-order valence-electron chi connectivity index (χ2n) is 5.71. The number of hydrogen-bond donors (Lipinski definition) is 1. The Hall–Kier alpha value is -2.19. The van der Waals surface area contributed by atoms with Gasteiger partial charge in [0.25, 0.3) is 5.91 Å².